The Labute approximate surface area is 221 Å². The van der Waals surface area contributed by atoms with Crippen LogP contribution in [-0.4, -0.2) is 77.0 Å². The molecule has 198 valence electrons. The lowest BCUT2D eigenvalue weighted by atomic mass is 10.2. The molecule has 1 amide bonds. The molecule has 11 heteroatoms. The van der Waals surface area contributed by atoms with Crippen molar-refractivity contribution >= 4 is 39.8 Å². The summed E-state index contributed by atoms with van der Waals surface area (Å²) in [5, 5.41) is 21.2. The van der Waals surface area contributed by atoms with Crippen LogP contribution in [0.1, 0.15) is 5.69 Å². The summed E-state index contributed by atoms with van der Waals surface area (Å²) in [6, 6.07) is 13.0. The van der Waals surface area contributed by atoms with Gasteiger partial charge in [0.2, 0.25) is 11.9 Å². The van der Waals surface area contributed by atoms with Crippen molar-refractivity contribution in [2.75, 3.05) is 56.9 Å². The van der Waals surface area contributed by atoms with Gasteiger partial charge in [0.25, 0.3) is 0 Å². The minimum absolute atomic E-state index is 0.185. The number of anilines is 4. The van der Waals surface area contributed by atoms with E-state index in [1.54, 1.807) is 30.1 Å². The fourth-order valence-electron chi connectivity index (χ4n) is 3.98. The van der Waals surface area contributed by atoms with Crippen molar-refractivity contribution in [3.63, 3.8) is 0 Å². The van der Waals surface area contributed by atoms with E-state index >= 15 is 0 Å². The van der Waals surface area contributed by atoms with Crippen LogP contribution in [0.5, 0.6) is 5.75 Å². The number of hydrogen-bond acceptors (Lipinski definition) is 9. The Balaban J connectivity index is 1.71. The number of amides is 1. The number of carbonyl (C=O) groups is 1. The molecule has 0 unspecified atom stereocenters. The Morgan fingerprint density at radius 2 is 1.95 bits per heavy atom. The smallest absolute Gasteiger partial charge is 0.247 e. The van der Waals surface area contributed by atoms with E-state index in [0.717, 1.165) is 29.7 Å². The van der Waals surface area contributed by atoms with Gasteiger partial charge in [-0.25, -0.2) is 9.67 Å². The molecule has 4 aromatic rings. The SMILES string of the molecule is C=CC(=O)Nc1cc(Nc2nccc(-n3nc(CO)c4ccccc43)n2)c(OC)cc1N(C)CCN(C)C. The fraction of sp³-hybridized carbons (Fsp3) is 0.259. The highest BCUT2D eigenvalue weighted by Gasteiger charge is 2.17. The zero-order valence-corrected chi connectivity index (χ0v) is 22.0. The van der Waals surface area contributed by atoms with Gasteiger partial charge in [0.15, 0.2) is 5.82 Å². The highest BCUT2D eigenvalue weighted by molar-refractivity contribution is 6.02. The molecule has 0 saturated heterocycles. The average Bonchev–Trinajstić information content (AvgIpc) is 3.31. The predicted molar refractivity (Wildman–Crippen MR) is 150 cm³/mol. The van der Waals surface area contributed by atoms with Crippen molar-refractivity contribution in [1.29, 1.82) is 0 Å². The zero-order chi connectivity index (χ0) is 27.2. The monoisotopic (exact) mass is 516 g/mol. The van der Waals surface area contributed by atoms with E-state index in [2.05, 4.69) is 37.2 Å². The Bertz CT molecular complexity index is 1450. The largest absolute Gasteiger partial charge is 0.494 e. The first-order chi connectivity index (χ1) is 18.3. The van der Waals surface area contributed by atoms with E-state index in [0.29, 0.717) is 34.6 Å². The second kappa shape index (κ2) is 11.7. The number of carbonyl (C=O) groups excluding carboxylic acids is 1. The van der Waals surface area contributed by atoms with Crippen LogP contribution in [0.25, 0.3) is 16.7 Å². The summed E-state index contributed by atoms with van der Waals surface area (Å²) in [6.07, 6.45) is 2.85. The highest BCUT2D eigenvalue weighted by Crippen LogP contribution is 2.38. The van der Waals surface area contributed by atoms with E-state index in [-0.39, 0.29) is 12.5 Å². The number of nitrogens with one attached hydrogen (secondary N) is 2. The van der Waals surface area contributed by atoms with Crippen LogP contribution in [-0.2, 0) is 11.4 Å². The first-order valence-corrected chi connectivity index (χ1v) is 12.0. The number of ether oxygens (including phenoxy) is 1. The second-order valence-corrected chi connectivity index (χ2v) is 8.89. The van der Waals surface area contributed by atoms with Crippen molar-refractivity contribution in [2.45, 2.75) is 6.61 Å². The third-order valence-corrected chi connectivity index (χ3v) is 5.97. The summed E-state index contributed by atoms with van der Waals surface area (Å²) in [5.74, 6) is 1.06. The van der Waals surface area contributed by atoms with Gasteiger partial charge in [0, 0.05) is 43.9 Å². The zero-order valence-electron chi connectivity index (χ0n) is 22.0. The van der Waals surface area contributed by atoms with Crippen molar-refractivity contribution in [2.24, 2.45) is 0 Å². The van der Waals surface area contributed by atoms with Crippen molar-refractivity contribution < 1.29 is 14.6 Å². The molecule has 0 aliphatic carbocycles. The number of benzene rings is 2. The molecule has 0 atom stereocenters. The number of fused-ring (bicyclic) bond motifs is 1. The van der Waals surface area contributed by atoms with Gasteiger partial charge in [-0.3, -0.25) is 4.79 Å². The van der Waals surface area contributed by atoms with Gasteiger partial charge in [-0.05, 0) is 32.3 Å². The Kier molecular flexibility index (Phi) is 8.19. The van der Waals surface area contributed by atoms with Crippen molar-refractivity contribution in [3.8, 4) is 11.6 Å². The number of nitrogens with zero attached hydrogens (tertiary/aromatic N) is 6. The van der Waals surface area contributed by atoms with Gasteiger partial charge in [0.1, 0.15) is 5.75 Å². The number of aliphatic hydroxyl groups excluding tert-OH is 1. The van der Waals surface area contributed by atoms with Crippen LogP contribution in [0, 0.1) is 0 Å². The first-order valence-electron chi connectivity index (χ1n) is 12.0. The maximum absolute atomic E-state index is 12.2. The van der Waals surface area contributed by atoms with Crippen LogP contribution in [0.2, 0.25) is 0 Å². The Hall–Kier alpha value is -4.48. The minimum Gasteiger partial charge on any atom is -0.494 e. The molecular formula is C27H32N8O3. The molecule has 2 heterocycles. The standard InChI is InChI=1S/C27H32N8O3/c1-6-26(37)29-19-15-20(24(38-5)16-23(19)34(4)14-13-33(2)3)30-27-28-12-11-25(31-27)35-22-10-8-7-9-18(22)21(17-36)32-35/h6-12,15-16,36H,1,13-14,17H2,2-5H3,(H,29,37)(H,28,30,31). The van der Waals surface area contributed by atoms with E-state index in [1.807, 2.05) is 56.4 Å². The molecule has 0 saturated carbocycles. The molecule has 11 nitrogen and oxygen atoms in total. The van der Waals surface area contributed by atoms with Crippen LogP contribution >= 0.6 is 0 Å². The van der Waals surface area contributed by atoms with Gasteiger partial charge in [-0.15, -0.1) is 0 Å². The molecular weight excluding hydrogens is 484 g/mol. The minimum atomic E-state index is -0.327. The lowest BCUT2D eigenvalue weighted by Crippen LogP contribution is -2.29. The quantitative estimate of drug-likeness (QED) is 0.258. The Morgan fingerprint density at radius 3 is 2.66 bits per heavy atom. The van der Waals surface area contributed by atoms with E-state index < -0.39 is 0 Å². The molecule has 0 aliphatic rings. The van der Waals surface area contributed by atoms with Crippen LogP contribution in [0.4, 0.5) is 23.0 Å². The molecule has 38 heavy (non-hydrogen) atoms. The summed E-state index contributed by atoms with van der Waals surface area (Å²) in [6.45, 7) is 4.94. The first kappa shape index (κ1) is 26.6. The topological polar surface area (TPSA) is 121 Å². The van der Waals surface area contributed by atoms with Gasteiger partial charge >= 0.3 is 0 Å². The van der Waals surface area contributed by atoms with Gasteiger partial charge in [0.05, 0.1) is 42.0 Å². The van der Waals surface area contributed by atoms with Gasteiger partial charge in [-0.1, -0.05) is 24.8 Å². The lowest BCUT2D eigenvalue weighted by molar-refractivity contribution is -0.111. The molecule has 0 aliphatic heterocycles. The summed E-state index contributed by atoms with van der Waals surface area (Å²) in [7, 11) is 7.55. The number of hydrogen-bond donors (Lipinski definition) is 3. The normalized spacial score (nSPS) is 11.0. The number of aliphatic hydroxyl groups is 1. The summed E-state index contributed by atoms with van der Waals surface area (Å²) in [5.41, 5.74) is 3.32. The molecule has 0 radical (unpaired) electrons. The number of aromatic nitrogens is 4. The van der Waals surface area contributed by atoms with Crippen LogP contribution in [0.15, 0.2) is 61.3 Å². The van der Waals surface area contributed by atoms with E-state index in [1.165, 1.54) is 6.08 Å². The summed E-state index contributed by atoms with van der Waals surface area (Å²) in [4.78, 5) is 25.4. The molecule has 2 aromatic heterocycles. The molecule has 0 fully saturated rings. The maximum atomic E-state index is 12.2. The number of likely N-dealkylation sites (N-methyl/N-ethyl adjacent to an activating group) is 2. The van der Waals surface area contributed by atoms with E-state index in [9.17, 15) is 9.90 Å². The third kappa shape index (κ3) is 5.74. The molecule has 2 aromatic carbocycles. The number of para-hydroxylation sites is 1. The predicted octanol–water partition coefficient (Wildman–Crippen LogP) is 3.18. The molecule has 0 spiro atoms. The fourth-order valence-corrected chi connectivity index (χ4v) is 3.98. The highest BCUT2D eigenvalue weighted by atomic mass is 16.5. The van der Waals surface area contributed by atoms with Crippen molar-refractivity contribution in [1.82, 2.24) is 24.6 Å². The number of methoxy groups -OCH3 is 1. The number of rotatable bonds is 11. The Morgan fingerprint density at radius 1 is 1.16 bits per heavy atom. The van der Waals surface area contributed by atoms with Crippen LogP contribution < -0.4 is 20.3 Å². The summed E-state index contributed by atoms with van der Waals surface area (Å²) >= 11 is 0. The third-order valence-electron chi connectivity index (χ3n) is 5.97. The lowest BCUT2D eigenvalue weighted by Gasteiger charge is -2.26. The van der Waals surface area contributed by atoms with Crippen LogP contribution in [0.3, 0.4) is 0 Å². The molecule has 4 rings (SSSR count). The molecule has 3 N–H and O–H groups in total. The summed E-state index contributed by atoms with van der Waals surface area (Å²) < 4.78 is 7.35. The maximum Gasteiger partial charge on any atom is 0.247 e. The molecule has 0 bridgehead atoms. The second-order valence-electron chi connectivity index (χ2n) is 8.89. The van der Waals surface area contributed by atoms with E-state index in [4.69, 9.17) is 4.74 Å². The van der Waals surface area contributed by atoms with Crippen molar-refractivity contribution in [3.05, 3.63) is 67.0 Å². The van der Waals surface area contributed by atoms with Gasteiger partial charge < -0.3 is 30.3 Å². The van der Waals surface area contributed by atoms with Gasteiger partial charge in [-0.2, -0.15) is 10.1 Å². The average molecular weight is 517 g/mol.